The molecular weight excluding hydrogens is 344 g/mol. The predicted octanol–water partition coefficient (Wildman–Crippen LogP) is 4.70. The lowest BCUT2D eigenvalue weighted by molar-refractivity contribution is -0.158. The van der Waals surface area contributed by atoms with Gasteiger partial charge in [0.05, 0.1) is 5.41 Å². The highest BCUT2D eigenvalue weighted by Crippen LogP contribution is 2.60. The first-order valence-corrected chi connectivity index (χ1v) is 11.2. The molecule has 0 spiro atoms. The minimum Gasteiger partial charge on any atom is -0.368 e. The van der Waals surface area contributed by atoms with Gasteiger partial charge in [-0.25, -0.2) is 0 Å². The van der Waals surface area contributed by atoms with Gasteiger partial charge in [-0.2, -0.15) is 0 Å². The second-order valence-electron chi connectivity index (χ2n) is 10.0. The maximum atomic E-state index is 13.6. The molecule has 1 saturated heterocycles. The minimum absolute atomic E-state index is 0.0138. The van der Waals surface area contributed by atoms with Crippen molar-refractivity contribution in [3.8, 4) is 0 Å². The Morgan fingerprint density at radius 2 is 1.39 bits per heavy atom. The summed E-state index contributed by atoms with van der Waals surface area (Å²) in [5.74, 6) is 3.03. The smallest absolute Gasteiger partial charge is 0.228 e. The molecule has 5 aliphatic rings. The van der Waals surface area contributed by atoms with E-state index in [1.54, 1.807) is 0 Å². The van der Waals surface area contributed by atoms with Gasteiger partial charge in [-0.15, -0.1) is 0 Å². The van der Waals surface area contributed by atoms with Gasteiger partial charge < -0.3 is 9.80 Å². The second kappa shape index (κ2) is 6.23. The van der Waals surface area contributed by atoms with Crippen LogP contribution >= 0.6 is 0 Å². The largest absolute Gasteiger partial charge is 0.368 e. The molecule has 1 aliphatic heterocycles. The van der Waals surface area contributed by atoms with E-state index in [2.05, 4.69) is 52.3 Å². The molecule has 7 rings (SSSR count). The first-order chi connectivity index (χ1) is 13.7. The second-order valence-corrected chi connectivity index (χ2v) is 10.0. The fourth-order valence-electron chi connectivity index (χ4n) is 7.25. The van der Waals surface area contributed by atoms with E-state index >= 15 is 0 Å². The summed E-state index contributed by atoms with van der Waals surface area (Å²) in [7, 11) is 0. The molecule has 3 nitrogen and oxygen atoms in total. The molecule has 4 saturated carbocycles. The number of hydrogen-bond donors (Lipinski definition) is 0. The molecule has 28 heavy (non-hydrogen) atoms. The Balaban J connectivity index is 1.16. The number of amides is 1. The lowest BCUT2D eigenvalue weighted by Crippen LogP contribution is -2.58. The minimum atomic E-state index is 0.0138. The molecular formula is C25H30N2O. The Morgan fingerprint density at radius 1 is 0.786 bits per heavy atom. The van der Waals surface area contributed by atoms with Crippen molar-refractivity contribution in [1.29, 1.82) is 0 Å². The summed E-state index contributed by atoms with van der Waals surface area (Å²) >= 11 is 0. The molecule has 0 unspecified atom stereocenters. The molecule has 0 aromatic heterocycles. The van der Waals surface area contributed by atoms with Crippen LogP contribution in [-0.2, 0) is 4.79 Å². The number of nitrogens with zero attached hydrogens (tertiary/aromatic N) is 2. The number of carbonyl (C=O) groups excluding carboxylic acids is 1. The van der Waals surface area contributed by atoms with Crippen molar-refractivity contribution in [3.63, 3.8) is 0 Å². The quantitative estimate of drug-likeness (QED) is 0.760. The van der Waals surface area contributed by atoms with Crippen LogP contribution < -0.4 is 4.90 Å². The molecule has 0 atom stereocenters. The van der Waals surface area contributed by atoms with Gasteiger partial charge in [0, 0.05) is 31.9 Å². The Hall–Kier alpha value is -2.03. The van der Waals surface area contributed by atoms with Crippen LogP contribution in [0.1, 0.15) is 38.5 Å². The highest BCUT2D eigenvalue weighted by Gasteiger charge is 2.55. The number of hydrogen-bond acceptors (Lipinski definition) is 2. The van der Waals surface area contributed by atoms with Gasteiger partial charge in [0.2, 0.25) is 5.91 Å². The van der Waals surface area contributed by atoms with Crippen molar-refractivity contribution in [2.45, 2.75) is 38.5 Å². The maximum absolute atomic E-state index is 13.6. The molecule has 4 aliphatic carbocycles. The molecule has 5 fully saturated rings. The SMILES string of the molecule is O=C(N1CCN(c2ccc3ccccc3c2)CC1)C12CC3CC(CC(C3)C1)C2. The van der Waals surface area contributed by atoms with Crippen molar-refractivity contribution >= 4 is 22.4 Å². The van der Waals surface area contributed by atoms with Crippen LogP contribution in [0.2, 0.25) is 0 Å². The number of rotatable bonds is 2. The van der Waals surface area contributed by atoms with E-state index in [1.807, 2.05) is 0 Å². The van der Waals surface area contributed by atoms with Gasteiger partial charge in [0.1, 0.15) is 0 Å². The first-order valence-electron chi connectivity index (χ1n) is 11.2. The standard InChI is InChI=1S/C25H30N2O/c28-24(25-15-18-11-19(16-25)13-20(12-18)17-25)27-9-7-26(8-10-27)23-6-5-21-3-1-2-4-22(21)14-23/h1-6,14,18-20H,7-13,15-17H2. The van der Waals surface area contributed by atoms with Crippen LogP contribution in [0, 0.1) is 23.2 Å². The van der Waals surface area contributed by atoms with Crippen molar-refractivity contribution in [3.05, 3.63) is 42.5 Å². The normalized spacial score (nSPS) is 34.2. The zero-order chi connectivity index (χ0) is 18.7. The lowest BCUT2D eigenvalue weighted by Gasteiger charge is -2.57. The van der Waals surface area contributed by atoms with Gasteiger partial charge in [-0.1, -0.05) is 30.3 Å². The van der Waals surface area contributed by atoms with Crippen molar-refractivity contribution in [1.82, 2.24) is 4.90 Å². The molecule has 0 N–H and O–H groups in total. The average molecular weight is 375 g/mol. The first kappa shape index (κ1) is 16.9. The van der Waals surface area contributed by atoms with E-state index in [4.69, 9.17) is 0 Å². The molecule has 4 bridgehead atoms. The molecule has 3 heteroatoms. The lowest BCUT2D eigenvalue weighted by atomic mass is 9.49. The van der Waals surface area contributed by atoms with E-state index in [0.717, 1.165) is 43.9 Å². The summed E-state index contributed by atoms with van der Waals surface area (Å²) in [6.07, 6.45) is 7.76. The predicted molar refractivity (Wildman–Crippen MR) is 113 cm³/mol. The molecule has 146 valence electrons. The number of piperazine rings is 1. The van der Waals surface area contributed by atoms with E-state index < -0.39 is 0 Å². The van der Waals surface area contributed by atoms with Gasteiger partial charge in [-0.3, -0.25) is 4.79 Å². The Morgan fingerprint density at radius 3 is 2.04 bits per heavy atom. The highest BCUT2D eigenvalue weighted by molar-refractivity contribution is 5.86. The zero-order valence-electron chi connectivity index (χ0n) is 16.6. The van der Waals surface area contributed by atoms with Crippen LogP contribution in [0.3, 0.4) is 0 Å². The topological polar surface area (TPSA) is 23.6 Å². The Kier molecular flexibility index (Phi) is 3.76. The van der Waals surface area contributed by atoms with Crippen LogP contribution in [0.4, 0.5) is 5.69 Å². The fraction of sp³-hybridized carbons (Fsp3) is 0.560. The van der Waals surface area contributed by atoms with Crippen LogP contribution in [-0.4, -0.2) is 37.0 Å². The van der Waals surface area contributed by atoms with Gasteiger partial charge in [-0.05, 0) is 79.2 Å². The van der Waals surface area contributed by atoms with Gasteiger partial charge in [0.25, 0.3) is 0 Å². The summed E-state index contributed by atoms with van der Waals surface area (Å²) in [4.78, 5) is 18.2. The van der Waals surface area contributed by atoms with Crippen molar-refractivity contribution in [2.24, 2.45) is 23.2 Å². The fourth-order valence-corrected chi connectivity index (χ4v) is 7.25. The molecule has 1 amide bonds. The summed E-state index contributed by atoms with van der Waals surface area (Å²) in [5.41, 5.74) is 1.31. The van der Waals surface area contributed by atoms with E-state index in [9.17, 15) is 4.79 Å². The summed E-state index contributed by atoms with van der Waals surface area (Å²) in [6, 6.07) is 15.3. The molecule has 0 radical (unpaired) electrons. The third-order valence-electron chi connectivity index (χ3n) is 8.16. The average Bonchev–Trinajstić information content (AvgIpc) is 2.72. The molecule has 2 aromatic rings. The Bertz CT molecular complexity index is 876. The number of carbonyl (C=O) groups is 1. The summed E-state index contributed by atoms with van der Waals surface area (Å²) < 4.78 is 0. The van der Waals surface area contributed by atoms with Gasteiger partial charge in [0.15, 0.2) is 0 Å². The van der Waals surface area contributed by atoms with Gasteiger partial charge >= 0.3 is 0 Å². The third-order valence-corrected chi connectivity index (χ3v) is 8.16. The highest BCUT2D eigenvalue weighted by atomic mass is 16.2. The Labute approximate surface area is 167 Å². The summed E-state index contributed by atoms with van der Waals surface area (Å²) in [5, 5.41) is 2.59. The van der Waals surface area contributed by atoms with E-state index in [-0.39, 0.29) is 5.41 Å². The monoisotopic (exact) mass is 374 g/mol. The van der Waals surface area contributed by atoms with Crippen LogP contribution in [0.15, 0.2) is 42.5 Å². The third kappa shape index (κ3) is 2.66. The summed E-state index contributed by atoms with van der Waals surface area (Å²) in [6.45, 7) is 3.67. The van der Waals surface area contributed by atoms with Crippen LogP contribution in [0.25, 0.3) is 10.8 Å². The number of benzene rings is 2. The van der Waals surface area contributed by atoms with Crippen molar-refractivity contribution in [2.75, 3.05) is 31.1 Å². The van der Waals surface area contributed by atoms with E-state index in [1.165, 1.54) is 55.0 Å². The molecule has 1 heterocycles. The van der Waals surface area contributed by atoms with Crippen molar-refractivity contribution < 1.29 is 4.79 Å². The molecule has 2 aromatic carbocycles. The van der Waals surface area contributed by atoms with Crippen LogP contribution in [0.5, 0.6) is 0 Å². The maximum Gasteiger partial charge on any atom is 0.228 e. The number of fused-ring (bicyclic) bond motifs is 1. The van der Waals surface area contributed by atoms with E-state index in [0.29, 0.717) is 5.91 Å². The zero-order valence-corrected chi connectivity index (χ0v) is 16.6. The number of anilines is 1.